The van der Waals surface area contributed by atoms with Crippen molar-refractivity contribution in [2.24, 2.45) is 0 Å². The van der Waals surface area contributed by atoms with Crippen LogP contribution in [0.4, 0.5) is 17.6 Å². The summed E-state index contributed by atoms with van der Waals surface area (Å²) in [5, 5.41) is 0. The van der Waals surface area contributed by atoms with E-state index in [1.807, 2.05) is 0 Å². The number of hydrogen-bond acceptors (Lipinski definition) is 2. The maximum atomic E-state index is 13.7. The molecule has 0 amide bonds. The Morgan fingerprint density at radius 2 is 1.94 bits per heavy atom. The number of halogens is 4. The summed E-state index contributed by atoms with van der Waals surface area (Å²) in [6, 6.07) is 2.35. The van der Waals surface area contributed by atoms with Crippen LogP contribution in [0, 0.1) is 0 Å². The van der Waals surface area contributed by atoms with Crippen LogP contribution in [0.3, 0.4) is 0 Å². The SMILES string of the molecule is C[C@@H]1OC(=O)c2ccc(C(F)(F)F)cc2[C@@H]1F. The van der Waals surface area contributed by atoms with Crippen LogP contribution >= 0.6 is 0 Å². The van der Waals surface area contributed by atoms with Gasteiger partial charge >= 0.3 is 12.1 Å². The summed E-state index contributed by atoms with van der Waals surface area (Å²) in [6.45, 7) is 1.30. The first-order valence-corrected chi connectivity index (χ1v) is 4.87. The molecule has 1 aromatic carbocycles. The average molecular weight is 248 g/mol. The number of cyclic esters (lactones) is 1. The Kier molecular flexibility index (Phi) is 2.60. The predicted octanol–water partition coefficient (Wildman–Crippen LogP) is 3.27. The van der Waals surface area contributed by atoms with E-state index < -0.39 is 30.0 Å². The lowest BCUT2D eigenvalue weighted by molar-refractivity contribution is -0.137. The number of alkyl halides is 4. The summed E-state index contributed by atoms with van der Waals surface area (Å²) in [7, 11) is 0. The van der Waals surface area contributed by atoms with Gasteiger partial charge in [0.15, 0.2) is 6.17 Å². The molecule has 0 bridgehead atoms. The standard InChI is InChI=1S/C11H8F4O2/c1-5-9(12)8-4-6(11(13,14)15)2-3-7(8)10(16)17-5/h2-5,9H,1H3/t5-,9+/m0/s1. The van der Waals surface area contributed by atoms with Crippen LogP contribution in [0.2, 0.25) is 0 Å². The van der Waals surface area contributed by atoms with Crippen molar-refractivity contribution in [2.75, 3.05) is 0 Å². The minimum absolute atomic E-state index is 0.149. The van der Waals surface area contributed by atoms with Crippen molar-refractivity contribution in [3.63, 3.8) is 0 Å². The van der Waals surface area contributed by atoms with E-state index in [4.69, 9.17) is 0 Å². The lowest BCUT2D eigenvalue weighted by Gasteiger charge is -2.26. The third-order valence-electron chi connectivity index (χ3n) is 2.60. The van der Waals surface area contributed by atoms with E-state index in [1.54, 1.807) is 0 Å². The number of benzene rings is 1. The fourth-order valence-electron chi connectivity index (χ4n) is 1.70. The molecular weight excluding hydrogens is 240 g/mol. The van der Waals surface area contributed by atoms with E-state index in [-0.39, 0.29) is 11.1 Å². The maximum absolute atomic E-state index is 13.7. The number of fused-ring (bicyclic) bond motifs is 1. The minimum atomic E-state index is -4.56. The first-order chi connectivity index (χ1) is 7.80. The van der Waals surface area contributed by atoms with Gasteiger partial charge in [0.05, 0.1) is 11.1 Å². The summed E-state index contributed by atoms with van der Waals surface area (Å²) in [5.41, 5.74) is -1.38. The Hall–Kier alpha value is -1.59. The van der Waals surface area contributed by atoms with Crippen LogP contribution in [-0.4, -0.2) is 12.1 Å². The fraction of sp³-hybridized carbons (Fsp3) is 0.364. The van der Waals surface area contributed by atoms with Crippen LogP contribution in [-0.2, 0) is 10.9 Å². The molecule has 0 N–H and O–H groups in total. The number of rotatable bonds is 0. The highest BCUT2D eigenvalue weighted by Gasteiger charge is 2.37. The van der Waals surface area contributed by atoms with Gasteiger partial charge in [-0.1, -0.05) is 0 Å². The molecule has 92 valence electrons. The van der Waals surface area contributed by atoms with Crippen molar-refractivity contribution in [1.29, 1.82) is 0 Å². The molecule has 0 fully saturated rings. The van der Waals surface area contributed by atoms with Crippen molar-refractivity contribution in [2.45, 2.75) is 25.4 Å². The average Bonchev–Trinajstić information content (AvgIpc) is 2.24. The highest BCUT2D eigenvalue weighted by atomic mass is 19.4. The lowest BCUT2D eigenvalue weighted by Crippen LogP contribution is -2.28. The Morgan fingerprint density at radius 1 is 1.29 bits per heavy atom. The maximum Gasteiger partial charge on any atom is 0.416 e. The van der Waals surface area contributed by atoms with Gasteiger partial charge in [-0.25, -0.2) is 9.18 Å². The molecule has 17 heavy (non-hydrogen) atoms. The second-order valence-corrected chi connectivity index (χ2v) is 3.81. The first-order valence-electron chi connectivity index (χ1n) is 4.87. The van der Waals surface area contributed by atoms with Crippen molar-refractivity contribution in [3.05, 3.63) is 34.9 Å². The van der Waals surface area contributed by atoms with E-state index in [0.717, 1.165) is 12.1 Å². The normalized spacial score (nSPS) is 24.2. The van der Waals surface area contributed by atoms with Crippen LogP contribution < -0.4 is 0 Å². The van der Waals surface area contributed by atoms with Gasteiger partial charge in [-0.2, -0.15) is 13.2 Å². The van der Waals surface area contributed by atoms with Crippen LogP contribution in [0.1, 0.15) is 34.6 Å². The summed E-state index contributed by atoms with van der Waals surface area (Å²) in [5.74, 6) is -0.796. The molecule has 1 aliphatic rings. The molecule has 0 spiro atoms. The van der Waals surface area contributed by atoms with E-state index >= 15 is 0 Å². The van der Waals surface area contributed by atoms with E-state index in [1.165, 1.54) is 6.92 Å². The highest BCUT2D eigenvalue weighted by molar-refractivity contribution is 5.92. The third kappa shape index (κ3) is 1.99. The fourth-order valence-corrected chi connectivity index (χ4v) is 1.70. The zero-order valence-corrected chi connectivity index (χ0v) is 8.72. The van der Waals surface area contributed by atoms with Crippen molar-refractivity contribution < 1.29 is 27.1 Å². The van der Waals surface area contributed by atoms with Crippen molar-refractivity contribution >= 4 is 5.97 Å². The zero-order valence-electron chi connectivity index (χ0n) is 8.72. The topological polar surface area (TPSA) is 26.3 Å². The molecule has 0 aliphatic carbocycles. The largest absolute Gasteiger partial charge is 0.456 e. The van der Waals surface area contributed by atoms with Crippen molar-refractivity contribution in [3.8, 4) is 0 Å². The number of hydrogen-bond donors (Lipinski definition) is 0. The molecule has 1 aliphatic heterocycles. The van der Waals surface area contributed by atoms with Crippen molar-refractivity contribution in [1.82, 2.24) is 0 Å². The summed E-state index contributed by atoms with van der Waals surface area (Å²) >= 11 is 0. The molecule has 0 saturated heterocycles. The molecule has 0 radical (unpaired) electrons. The van der Waals surface area contributed by atoms with Gasteiger partial charge in [0.2, 0.25) is 0 Å². The van der Waals surface area contributed by atoms with Crippen LogP contribution in [0.25, 0.3) is 0 Å². The molecule has 6 heteroatoms. The lowest BCUT2D eigenvalue weighted by atomic mass is 9.95. The van der Waals surface area contributed by atoms with Gasteiger partial charge in [0.25, 0.3) is 0 Å². The van der Waals surface area contributed by atoms with Gasteiger partial charge in [0, 0.05) is 5.56 Å². The summed E-state index contributed by atoms with van der Waals surface area (Å²) in [4.78, 5) is 11.3. The van der Waals surface area contributed by atoms with Gasteiger partial charge in [-0.05, 0) is 25.1 Å². The molecule has 0 aromatic heterocycles. The molecule has 0 saturated carbocycles. The molecule has 2 atom stereocenters. The van der Waals surface area contributed by atoms with Crippen LogP contribution in [0.5, 0.6) is 0 Å². The molecule has 1 heterocycles. The van der Waals surface area contributed by atoms with Gasteiger partial charge in [-0.15, -0.1) is 0 Å². The van der Waals surface area contributed by atoms with Gasteiger partial charge in [0.1, 0.15) is 6.10 Å². The monoisotopic (exact) mass is 248 g/mol. The Morgan fingerprint density at radius 3 is 2.53 bits per heavy atom. The number of ether oxygens (including phenoxy) is 1. The quantitative estimate of drug-likeness (QED) is 0.520. The first kappa shape index (κ1) is 11.9. The third-order valence-corrected chi connectivity index (χ3v) is 2.60. The van der Waals surface area contributed by atoms with Gasteiger partial charge < -0.3 is 4.74 Å². The number of esters is 1. The molecule has 1 aromatic rings. The molecule has 0 unspecified atom stereocenters. The summed E-state index contributed by atoms with van der Waals surface area (Å²) in [6.07, 6.45) is -7.36. The second kappa shape index (κ2) is 3.72. The predicted molar refractivity (Wildman–Crippen MR) is 50.2 cm³/mol. The molecular formula is C11H8F4O2. The van der Waals surface area contributed by atoms with Crippen LogP contribution in [0.15, 0.2) is 18.2 Å². The van der Waals surface area contributed by atoms with E-state index in [2.05, 4.69) is 4.74 Å². The Bertz CT molecular complexity index is 467. The molecule has 2 nitrogen and oxygen atoms in total. The van der Waals surface area contributed by atoms with E-state index in [0.29, 0.717) is 6.07 Å². The van der Waals surface area contributed by atoms with E-state index in [9.17, 15) is 22.4 Å². The zero-order chi connectivity index (χ0) is 12.8. The number of carbonyl (C=O) groups excluding carboxylic acids is 1. The smallest absolute Gasteiger partial charge is 0.416 e. The minimum Gasteiger partial charge on any atom is -0.456 e. The Balaban J connectivity index is 2.54. The Labute approximate surface area is 94.2 Å². The second-order valence-electron chi connectivity index (χ2n) is 3.81. The number of carbonyl (C=O) groups is 1. The molecule has 2 rings (SSSR count). The van der Waals surface area contributed by atoms with Gasteiger partial charge in [-0.3, -0.25) is 0 Å². The summed E-state index contributed by atoms with van der Waals surface area (Å²) < 4.78 is 55.6. The highest BCUT2D eigenvalue weighted by Crippen LogP contribution is 2.37.